The fraction of sp³-hybridized carbons (Fsp3) is 0.350. The molecule has 0 N–H and O–H groups in total. The van der Waals surface area contributed by atoms with Crippen LogP contribution in [-0.4, -0.2) is 37.8 Å². The Hall–Kier alpha value is -2.38. The first-order valence-electron chi connectivity index (χ1n) is 8.95. The third-order valence-corrected chi connectivity index (χ3v) is 6.48. The second-order valence-corrected chi connectivity index (χ2v) is 8.54. The summed E-state index contributed by atoms with van der Waals surface area (Å²) in [5.41, 5.74) is 1.42. The molecule has 1 heterocycles. The van der Waals surface area contributed by atoms with Crippen molar-refractivity contribution in [3.63, 3.8) is 0 Å². The molecule has 0 saturated carbocycles. The molecule has 0 spiro atoms. The summed E-state index contributed by atoms with van der Waals surface area (Å²) in [4.78, 5) is 13.7. The minimum atomic E-state index is -3.71. The zero-order valence-electron chi connectivity index (χ0n) is 15.8. The van der Waals surface area contributed by atoms with E-state index in [9.17, 15) is 13.2 Å². The number of nitrogens with zero attached hydrogens (tertiary/aromatic N) is 2. The molecule has 1 unspecified atom stereocenters. The zero-order chi connectivity index (χ0) is 19.6. The zero-order valence-corrected chi connectivity index (χ0v) is 16.6. The average Bonchev–Trinajstić information content (AvgIpc) is 2.65. The molecule has 6 nitrogen and oxygen atoms in total. The summed E-state index contributed by atoms with van der Waals surface area (Å²) >= 11 is 0. The van der Waals surface area contributed by atoms with Crippen LogP contribution in [0.25, 0.3) is 0 Å². The number of carbonyl (C=O) groups excluding carboxylic acids is 1. The van der Waals surface area contributed by atoms with E-state index in [0.717, 1.165) is 5.56 Å². The number of hydrogen-bond acceptors (Lipinski definition) is 4. The first-order valence-corrected chi connectivity index (χ1v) is 10.4. The van der Waals surface area contributed by atoms with Gasteiger partial charge in [-0.1, -0.05) is 37.3 Å². The van der Waals surface area contributed by atoms with Crippen molar-refractivity contribution < 1.29 is 17.9 Å². The molecule has 27 heavy (non-hydrogen) atoms. The van der Waals surface area contributed by atoms with Crippen LogP contribution in [0, 0.1) is 0 Å². The number of rotatable bonds is 5. The largest absolute Gasteiger partial charge is 0.487 e. The smallest absolute Gasteiger partial charge is 0.243 e. The Morgan fingerprint density at radius 1 is 1.22 bits per heavy atom. The van der Waals surface area contributed by atoms with Crippen LogP contribution in [0.2, 0.25) is 0 Å². The van der Waals surface area contributed by atoms with Gasteiger partial charge in [-0.3, -0.25) is 4.79 Å². The Kier molecular flexibility index (Phi) is 5.53. The van der Waals surface area contributed by atoms with Gasteiger partial charge in [-0.2, -0.15) is 4.31 Å². The van der Waals surface area contributed by atoms with Crippen molar-refractivity contribution in [1.29, 1.82) is 0 Å². The van der Waals surface area contributed by atoms with E-state index < -0.39 is 10.0 Å². The minimum absolute atomic E-state index is 0.141. The van der Waals surface area contributed by atoms with E-state index in [1.165, 1.54) is 23.4 Å². The second kappa shape index (κ2) is 7.70. The van der Waals surface area contributed by atoms with Gasteiger partial charge in [-0.25, -0.2) is 8.42 Å². The van der Waals surface area contributed by atoms with Gasteiger partial charge in [0.25, 0.3) is 0 Å². The fourth-order valence-corrected chi connectivity index (χ4v) is 4.64. The van der Waals surface area contributed by atoms with Crippen LogP contribution >= 0.6 is 0 Å². The molecule has 1 atom stereocenters. The van der Waals surface area contributed by atoms with E-state index in [2.05, 4.69) is 0 Å². The first-order chi connectivity index (χ1) is 12.8. The van der Waals surface area contributed by atoms with E-state index >= 15 is 0 Å². The Morgan fingerprint density at radius 3 is 2.56 bits per heavy atom. The predicted octanol–water partition coefficient (Wildman–Crippen LogP) is 3.03. The highest BCUT2D eigenvalue weighted by molar-refractivity contribution is 7.89. The Labute approximate surface area is 160 Å². The van der Waals surface area contributed by atoms with E-state index in [1.807, 2.05) is 44.2 Å². The van der Waals surface area contributed by atoms with Crippen molar-refractivity contribution in [2.24, 2.45) is 0 Å². The van der Waals surface area contributed by atoms with Gasteiger partial charge in [0, 0.05) is 20.0 Å². The van der Waals surface area contributed by atoms with Crippen LogP contribution in [0.4, 0.5) is 5.69 Å². The van der Waals surface area contributed by atoms with Crippen molar-refractivity contribution in [3.8, 4) is 5.75 Å². The molecule has 0 aromatic heterocycles. The lowest BCUT2D eigenvalue weighted by atomic mass is 10.2. The van der Waals surface area contributed by atoms with E-state index in [-0.39, 0.29) is 16.9 Å². The molecule has 0 saturated heterocycles. The molecule has 0 fully saturated rings. The summed E-state index contributed by atoms with van der Waals surface area (Å²) in [5, 5.41) is 0. The number of amides is 1. The highest BCUT2D eigenvalue weighted by Crippen LogP contribution is 2.36. The van der Waals surface area contributed by atoms with Gasteiger partial charge in [-0.05, 0) is 30.7 Å². The highest BCUT2D eigenvalue weighted by atomic mass is 32.2. The van der Waals surface area contributed by atoms with E-state index in [4.69, 9.17) is 4.74 Å². The van der Waals surface area contributed by atoms with Crippen molar-refractivity contribution in [3.05, 3.63) is 54.1 Å². The standard InChI is InChI=1S/C20H24N2O4S/c1-4-21(14-17-8-6-5-7-9-17)27(24,25)18-10-11-20-19(12-18)22(16(3)23)13-15(2)26-20/h5-12,15H,4,13-14H2,1-3H3. The van der Waals surface area contributed by atoms with Crippen LogP contribution in [0.15, 0.2) is 53.4 Å². The van der Waals surface area contributed by atoms with Crippen LogP contribution in [0.3, 0.4) is 0 Å². The SMILES string of the molecule is CCN(Cc1ccccc1)S(=O)(=O)c1ccc2c(c1)N(C(C)=O)CC(C)O2. The molecular weight excluding hydrogens is 364 g/mol. The van der Waals surface area contributed by atoms with Crippen molar-refractivity contribution in [2.45, 2.75) is 38.3 Å². The van der Waals surface area contributed by atoms with Crippen LogP contribution in [0.1, 0.15) is 26.3 Å². The first kappa shape index (κ1) is 19.4. The van der Waals surface area contributed by atoms with Crippen molar-refractivity contribution in [2.75, 3.05) is 18.0 Å². The molecule has 0 radical (unpaired) electrons. The molecule has 0 aliphatic carbocycles. The van der Waals surface area contributed by atoms with Crippen LogP contribution in [0.5, 0.6) is 5.75 Å². The number of sulfonamides is 1. The average molecular weight is 388 g/mol. The summed E-state index contributed by atoms with van der Waals surface area (Å²) in [6, 6.07) is 14.2. The van der Waals surface area contributed by atoms with Gasteiger partial charge >= 0.3 is 0 Å². The maximum atomic E-state index is 13.2. The number of hydrogen-bond donors (Lipinski definition) is 0. The lowest BCUT2D eigenvalue weighted by Crippen LogP contribution is -2.41. The highest BCUT2D eigenvalue weighted by Gasteiger charge is 2.30. The van der Waals surface area contributed by atoms with Crippen LogP contribution in [-0.2, 0) is 21.4 Å². The number of ether oxygens (including phenoxy) is 1. The third kappa shape index (κ3) is 3.99. The molecular formula is C20H24N2O4S. The fourth-order valence-electron chi connectivity index (χ4n) is 3.18. The van der Waals surface area contributed by atoms with Crippen molar-refractivity contribution >= 4 is 21.6 Å². The monoisotopic (exact) mass is 388 g/mol. The lowest BCUT2D eigenvalue weighted by molar-refractivity contribution is -0.117. The summed E-state index contributed by atoms with van der Waals surface area (Å²) in [7, 11) is -3.71. The Morgan fingerprint density at radius 2 is 1.93 bits per heavy atom. The van der Waals surface area contributed by atoms with Gasteiger partial charge in [0.1, 0.15) is 11.9 Å². The minimum Gasteiger partial charge on any atom is -0.487 e. The molecule has 1 amide bonds. The van der Waals surface area contributed by atoms with Gasteiger partial charge < -0.3 is 9.64 Å². The Balaban J connectivity index is 1.97. The summed E-state index contributed by atoms with van der Waals surface area (Å²) in [6.45, 7) is 6.19. The lowest BCUT2D eigenvalue weighted by Gasteiger charge is -2.33. The van der Waals surface area contributed by atoms with E-state index in [1.54, 1.807) is 11.0 Å². The molecule has 144 valence electrons. The number of anilines is 1. The summed E-state index contributed by atoms with van der Waals surface area (Å²) < 4.78 is 33.5. The molecule has 0 bridgehead atoms. The third-order valence-electron chi connectivity index (χ3n) is 4.56. The maximum absolute atomic E-state index is 13.2. The molecule has 1 aliphatic heterocycles. The predicted molar refractivity (Wildman–Crippen MR) is 104 cm³/mol. The number of fused-ring (bicyclic) bond motifs is 1. The molecule has 2 aromatic carbocycles. The quantitative estimate of drug-likeness (QED) is 0.790. The summed E-state index contributed by atoms with van der Waals surface area (Å²) in [5.74, 6) is 0.381. The molecule has 1 aliphatic rings. The van der Waals surface area contributed by atoms with Gasteiger partial charge in [-0.15, -0.1) is 0 Å². The topological polar surface area (TPSA) is 66.9 Å². The second-order valence-electron chi connectivity index (χ2n) is 6.60. The summed E-state index contributed by atoms with van der Waals surface area (Å²) in [6.07, 6.45) is -0.144. The molecule has 3 rings (SSSR count). The number of benzene rings is 2. The van der Waals surface area contributed by atoms with Crippen molar-refractivity contribution in [1.82, 2.24) is 4.31 Å². The number of carbonyl (C=O) groups is 1. The normalized spacial score (nSPS) is 16.7. The van der Waals surface area contributed by atoms with E-state index in [0.29, 0.717) is 31.1 Å². The maximum Gasteiger partial charge on any atom is 0.243 e. The molecule has 2 aromatic rings. The van der Waals surface area contributed by atoms with Gasteiger partial charge in [0.15, 0.2) is 0 Å². The van der Waals surface area contributed by atoms with Crippen LogP contribution < -0.4 is 9.64 Å². The van der Waals surface area contributed by atoms with Gasteiger partial charge in [0.2, 0.25) is 15.9 Å². The molecule has 7 heteroatoms. The Bertz CT molecular complexity index is 928. The van der Waals surface area contributed by atoms with Gasteiger partial charge in [0.05, 0.1) is 17.1 Å².